The Morgan fingerprint density at radius 3 is 2.35 bits per heavy atom. The van der Waals surface area contributed by atoms with Gasteiger partial charge in [-0.25, -0.2) is 0 Å². The van der Waals surface area contributed by atoms with Crippen LogP contribution in [0.25, 0.3) is 0 Å². The van der Waals surface area contributed by atoms with Crippen molar-refractivity contribution in [1.29, 1.82) is 0 Å². The number of halogens is 4. The average molecular weight is 458 g/mol. The Morgan fingerprint density at radius 1 is 1.06 bits per heavy atom. The summed E-state index contributed by atoms with van der Waals surface area (Å²) in [6.07, 6.45) is -4.63. The predicted octanol–water partition coefficient (Wildman–Crippen LogP) is 3.69. The van der Waals surface area contributed by atoms with Gasteiger partial charge >= 0.3 is 6.18 Å². The smallest absolute Gasteiger partial charge is 0.380 e. The molecule has 2 N–H and O–H groups in total. The second kappa shape index (κ2) is 11.1. The van der Waals surface area contributed by atoms with Crippen LogP contribution in [0.3, 0.4) is 0 Å². The monoisotopic (exact) mass is 457 g/mol. The van der Waals surface area contributed by atoms with Crippen molar-refractivity contribution in [3.8, 4) is 0 Å². The first-order valence-corrected chi connectivity index (χ1v) is 9.65. The molecule has 0 aliphatic heterocycles. The summed E-state index contributed by atoms with van der Waals surface area (Å²) >= 11 is 5.57. The number of benzene rings is 2. The number of anilines is 1. The maximum atomic E-state index is 12.9. The van der Waals surface area contributed by atoms with Gasteiger partial charge in [0.1, 0.15) is 0 Å². The lowest BCUT2D eigenvalue weighted by Crippen LogP contribution is -2.38. The molecule has 0 spiro atoms. The Balaban J connectivity index is 1.85. The SMILES string of the molecule is COCc1ccccc1CNC(=O)CN(C)CC(=O)Nc1ccc(Cl)c(C(F)(F)F)c1. The van der Waals surface area contributed by atoms with Gasteiger partial charge in [0.25, 0.3) is 0 Å². The fourth-order valence-corrected chi connectivity index (χ4v) is 3.07. The first-order chi connectivity index (χ1) is 14.6. The quantitative estimate of drug-likeness (QED) is 0.602. The summed E-state index contributed by atoms with van der Waals surface area (Å²) in [5.74, 6) is -0.857. The molecular formula is C21H23ClF3N3O3. The number of carbonyl (C=O) groups is 2. The van der Waals surface area contributed by atoms with E-state index in [2.05, 4.69) is 10.6 Å². The van der Waals surface area contributed by atoms with Crippen LogP contribution in [-0.2, 0) is 33.7 Å². The molecule has 0 aliphatic rings. The Hall–Kier alpha value is -2.62. The predicted molar refractivity (Wildman–Crippen MR) is 112 cm³/mol. The molecule has 2 amide bonds. The number of likely N-dealkylation sites (N-methyl/N-ethyl adjacent to an activating group) is 1. The number of hydrogen-bond acceptors (Lipinski definition) is 4. The van der Waals surface area contributed by atoms with Gasteiger partial charge in [-0.05, 0) is 36.4 Å². The summed E-state index contributed by atoms with van der Waals surface area (Å²) in [5.41, 5.74) is 0.809. The van der Waals surface area contributed by atoms with Crippen molar-refractivity contribution in [1.82, 2.24) is 10.2 Å². The van der Waals surface area contributed by atoms with Gasteiger partial charge in [0, 0.05) is 19.3 Å². The maximum Gasteiger partial charge on any atom is 0.417 e. The van der Waals surface area contributed by atoms with Crippen LogP contribution in [0.4, 0.5) is 18.9 Å². The van der Waals surface area contributed by atoms with E-state index in [-0.39, 0.29) is 24.7 Å². The largest absolute Gasteiger partial charge is 0.417 e. The second-order valence-corrected chi connectivity index (χ2v) is 7.30. The summed E-state index contributed by atoms with van der Waals surface area (Å²) in [7, 11) is 3.14. The van der Waals surface area contributed by atoms with Crippen LogP contribution in [-0.4, -0.2) is 44.0 Å². The highest BCUT2D eigenvalue weighted by Crippen LogP contribution is 2.36. The van der Waals surface area contributed by atoms with Crippen LogP contribution in [0, 0.1) is 0 Å². The number of methoxy groups -OCH3 is 1. The summed E-state index contributed by atoms with van der Waals surface area (Å²) in [5, 5.41) is 4.70. The normalized spacial score (nSPS) is 11.5. The van der Waals surface area contributed by atoms with Crippen LogP contribution in [0.15, 0.2) is 42.5 Å². The van der Waals surface area contributed by atoms with Gasteiger partial charge in [-0.2, -0.15) is 13.2 Å². The minimum Gasteiger partial charge on any atom is -0.380 e. The van der Waals surface area contributed by atoms with Gasteiger partial charge in [0.2, 0.25) is 11.8 Å². The third-order valence-electron chi connectivity index (χ3n) is 4.28. The third-order valence-corrected chi connectivity index (χ3v) is 4.61. The van der Waals surface area contributed by atoms with E-state index in [1.165, 1.54) is 11.0 Å². The molecule has 0 aliphatic carbocycles. The standard InChI is InChI=1S/C21H23ClF3N3O3/c1-28(11-19(29)26-10-14-5-3-4-6-15(14)13-31-2)12-20(30)27-16-7-8-18(22)17(9-16)21(23,24)25/h3-9H,10-13H2,1-2H3,(H,26,29)(H,27,30). The highest BCUT2D eigenvalue weighted by atomic mass is 35.5. The van der Waals surface area contributed by atoms with Crippen molar-refractivity contribution >= 4 is 29.1 Å². The molecule has 6 nitrogen and oxygen atoms in total. The Labute approximate surface area is 183 Å². The van der Waals surface area contributed by atoms with Crippen molar-refractivity contribution in [2.45, 2.75) is 19.3 Å². The molecule has 0 saturated carbocycles. The number of rotatable bonds is 9. The van der Waals surface area contributed by atoms with Crippen LogP contribution >= 0.6 is 11.6 Å². The molecule has 0 saturated heterocycles. The Morgan fingerprint density at radius 2 is 1.71 bits per heavy atom. The zero-order valence-electron chi connectivity index (χ0n) is 17.1. The van der Waals surface area contributed by atoms with E-state index in [1.807, 2.05) is 24.3 Å². The van der Waals surface area contributed by atoms with Crippen molar-refractivity contribution in [3.05, 3.63) is 64.2 Å². The first kappa shape index (κ1) is 24.6. The van der Waals surface area contributed by atoms with Gasteiger partial charge < -0.3 is 15.4 Å². The van der Waals surface area contributed by atoms with Gasteiger partial charge in [-0.3, -0.25) is 14.5 Å². The topological polar surface area (TPSA) is 70.7 Å². The van der Waals surface area contributed by atoms with E-state index < -0.39 is 22.7 Å². The minimum atomic E-state index is -4.63. The highest BCUT2D eigenvalue weighted by Gasteiger charge is 2.33. The molecule has 10 heteroatoms. The average Bonchev–Trinajstić information content (AvgIpc) is 2.68. The van der Waals surface area contributed by atoms with Gasteiger partial charge in [0.15, 0.2) is 0 Å². The zero-order chi connectivity index (χ0) is 23.0. The Bertz CT molecular complexity index is 922. The number of hydrogen-bond donors (Lipinski definition) is 2. The third kappa shape index (κ3) is 7.86. The number of alkyl halides is 3. The first-order valence-electron chi connectivity index (χ1n) is 9.27. The number of ether oxygens (including phenoxy) is 1. The lowest BCUT2D eigenvalue weighted by atomic mass is 10.1. The van der Waals surface area contributed by atoms with Gasteiger partial charge in [-0.15, -0.1) is 0 Å². The van der Waals surface area contributed by atoms with Gasteiger partial charge in [-0.1, -0.05) is 35.9 Å². The molecule has 168 valence electrons. The van der Waals surface area contributed by atoms with Crippen LogP contribution < -0.4 is 10.6 Å². The molecular weight excluding hydrogens is 435 g/mol. The molecule has 2 aromatic carbocycles. The lowest BCUT2D eigenvalue weighted by Gasteiger charge is -2.17. The van der Waals surface area contributed by atoms with Crippen LogP contribution in [0.1, 0.15) is 16.7 Å². The van der Waals surface area contributed by atoms with Crippen LogP contribution in [0.2, 0.25) is 5.02 Å². The summed E-state index contributed by atoms with van der Waals surface area (Å²) < 4.78 is 43.9. The van der Waals surface area contributed by atoms with Crippen LogP contribution in [0.5, 0.6) is 0 Å². The lowest BCUT2D eigenvalue weighted by molar-refractivity contribution is -0.137. The van der Waals surface area contributed by atoms with E-state index >= 15 is 0 Å². The summed E-state index contributed by atoms with van der Waals surface area (Å²) in [6.45, 7) is 0.488. The zero-order valence-corrected chi connectivity index (χ0v) is 17.8. The molecule has 0 aromatic heterocycles. The number of nitrogens with zero attached hydrogens (tertiary/aromatic N) is 1. The van der Waals surface area contributed by atoms with E-state index in [9.17, 15) is 22.8 Å². The summed E-state index contributed by atoms with van der Waals surface area (Å²) in [4.78, 5) is 25.8. The molecule has 31 heavy (non-hydrogen) atoms. The second-order valence-electron chi connectivity index (χ2n) is 6.89. The number of amides is 2. The molecule has 0 fully saturated rings. The van der Waals surface area contributed by atoms with E-state index in [0.717, 1.165) is 23.3 Å². The van der Waals surface area contributed by atoms with E-state index in [0.29, 0.717) is 13.2 Å². The number of carbonyl (C=O) groups excluding carboxylic acids is 2. The molecule has 0 bridgehead atoms. The van der Waals surface area contributed by atoms with E-state index in [1.54, 1.807) is 14.2 Å². The Kier molecular flexibility index (Phi) is 8.85. The van der Waals surface area contributed by atoms with Crippen molar-refractivity contribution < 1.29 is 27.5 Å². The minimum absolute atomic E-state index is 0.0330. The fourth-order valence-electron chi connectivity index (χ4n) is 2.84. The molecule has 0 unspecified atom stereocenters. The fraction of sp³-hybridized carbons (Fsp3) is 0.333. The van der Waals surface area contributed by atoms with Crippen molar-refractivity contribution in [3.63, 3.8) is 0 Å². The summed E-state index contributed by atoms with van der Waals surface area (Å²) in [6, 6.07) is 10.6. The van der Waals surface area contributed by atoms with Crippen molar-refractivity contribution in [2.24, 2.45) is 0 Å². The highest BCUT2D eigenvalue weighted by molar-refractivity contribution is 6.31. The molecule has 2 rings (SSSR count). The molecule has 0 radical (unpaired) electrons. The molecule has 0 atom stereocenters. The molecule has 2 aromatic rings. The van der Waals surface area contributed by atoms with Crippen molar-refractivity contribution in [2.75, 3.05) is 32.6 Å². The molecule has 0 heterocycles. The maximum absolute atomic E-state index is 12.9. The van der Waals surface area contributed by atoms with Gasteiger partial charge in [0.05, 0.1) is 30.3 Å². The van der Waals surface area contributed by atoms with E-state index in [4.69, 9.17) is 16.3 Å². The number of nitrogens with one attached hydrogen (secondary N) is 2.